The van der Waals surface area contributed by atoms with E-state index in [9.17, 15) is 4.39 Å². The zero-order valence-corrected chi connectivity index (χ0v) is 13.4. The van der Waals surface area contributed by atoms with Crippen molar-refractivity contribution in [3.8, 4) is 11.9 Å². The van der Waals surface area contributed by atoms with Gasteiger partial charge in [-0.05, 0) is 29.8 Å². The van der Waals surface area contributed by atoms with Crippen molar-refractivity contribution in [1.82, 2.24) is 4.98 Å². The molecule has 1 aromatic heterocycles. The van der Waals surface area contributed by atoms with Crippen molar-refractivity contribution in [3.63, 3.8) is 0 Å². The van der Waals surface area contributed by atoms with Gasteiger partial charge in [0.1, 0.15) is 18.5 Å². The maximum atomic E-state index is 13.2. The molecule has 0 amide bonds. The van der Waals surface area contributed by atoms with E-state index in [-0.39, 0.29) is 5.56 Å². The third kappa shape index (κ3) is 4.33. The molecule has 1 N–H and O–H groups in total. The van der Waals surface area contributed by atoms with Gasteiger partial charge in [0.15, 0.2) is 0 Å². The number of benzene rings is 2. The highest BCUT2D eigenvalue weighted by atomic mass is 19.1. The van der Waals surface area contributed by atoms with Crippen LogP contribution in [0.15, 0.2) is 66.9 Å². The minimum absolute atomic E-state index is 0.260. The lowest BCUT2D eigenvalue weighted by molar-refractivity contribution is 0.291. The monoisotopic (exact) mass is 333 g/mol. The number of ether oxygens (including phenoxy) is 1. The Labute approximate surface area is 145 Å². The van der Waals surface area contributed by atoms with Gasteiger partial charge in [0.2, 0.25) is 5.88 Å². The highest BCUT2D eigenvalue weighted by molar-refractivity contribution is 5.57. The molecule has 25 heavy (non-hydrogen) atoms. The first-order chi connectivity index (χ1) is 12.3. The highest BCUT2D eigenvalue weighted by Crippen LogP contribution is 2.20. The SMILES string of the molecule is N#Cc1cc(F)ccc1NCc1cccnc1OCc1ccccc1. The van der Waals surface area contributed by atoms with Gasteiger partial charge in [-0.3, -0.25) is 0 Å². The Morgan fingerprint density at radius 3 is 2.72 bits per heavy atom. The second-order valence-electron chi connectivity index (χ2n) is 5.40. The first kappa shape index (κ1) is 16.5. The van der Waals surface area contributed by atoms with Crippen molar-refractivity contribution < 1.29 is 9.13 Å². The largest absolute Gasteiger partial charge is 0.473 e. The minimum atomic E-state index is -0.435. The summed E-state index contributed by atoms with van der Waals surface area (Å²) in [5.74, 6) is 0.0924. The van der Waals surface area contributed by atoms with Crippen LogP contribution in [-0.2, 0) is 13.2 Å². The van der Waals surface area contributed by atoms with Crippen LogP contribution in [0, 0.1) is 17.1 Å². The lowest BCUT2D eigenvalue weighted by Crippen LogP contribution is -2.06. The van der Waals surface area contributed by atoms with Crippen LogP contribution in [0.1, 0.15) is 16.7 Å². The molecule has 0 saturated carbocycles. The predicted octanol–water partition coefficient (Wildman–Crippen LogP) is 4.28. The van der Waals surface area contributed by atoms with Crippen LogP contribution in [0.4, 0.5) is 10.1 Å². The second kappa shape index (κ2) is 7.93. The Morgan fingerprint density at radius 2 is 1.92 bits per heavy atom. The van der Waals surface area contributed by atoms with Gasteiger partial charge in [-0.1, -0.05) is 36.4 Å². The lowest BCUT2D eigenvalue weighted by atomic mass is 10.1. The van der Waals surface area contributed by atoms with Crippen LogP contribution in [0.3, 0.4) is 0 Å². The van der Waals surface area contributed by atoms with Crippen LogP contribution >= 0.6 is 0 Å². The van der Waals surface area contributed by atoms with Crippen molar-refractivity contribution in [1.29, 1.82) is 5.26 Å². The molecule has 0 radical (unpaired) electrons. The van der Waals surface area contributed by atoms with E-state index in [1.54, 1.807) is 12.3 Å². The van der Waals surface area contributed by atoms with Crippen LogP contribution in [-0.4, -0.2) is 4.98 Å². The number of nitrogens with zero attached hydrogens (tertiary/aromatic N) is 2. The molecule has 0 aliphatic carbocycles. The third-order valence-electron chi connectivity index (χ3n) is 3.64. The van der Waals surface area contributed by atoms with E-state index in [0.29, 0.717) is 24.7 Å². The van der Waals surface area contributed by atoms with Gasteiger partial charge >= 0.3 is 0 Å². The average molecular weight is 333 g/mol. The summed E-state index contributed by atoms with van der Waals surface area (Å²) in [6, 6.07) is 19.6. The minimum Gasteiger partial charge on any atom is -0.473 e. The summed E-state index contributed by atoms with van der Waals surface area (Å²) in [4.78, 5) is 4.28. The zero-order chi connectivity index (χ0) is 17.5. The number of anilines is 1. The number of pyridine rings is 1. The summed E-state index contributed by atoms with van der Waals surface area (Å²) in [5.41, 5.74) is 2.74. The van der Waals surface area contributed by atoms with Gasteiger partial charge in [-0.2, -0.15) is 5.26 Å². The summed E-state index contributed by atoms with van der Waals surface area (Å²) in [6.45, 7) is 0.836. The molecule has 2 aromatic carbocycles. The summed E-state index contributed by atoms with van der Waals surface area (Å²) >= 11 is 0. The fraction of sp³-hybridized carbons (Fsp3) is 0.100. The van der Waals surface area contributed by atoms with Crippen LogP contribution in [0.2, 0.25) is 0 Å². The first-order valence-corrected chi connectivity index (χ1v) is 7.80. The molecule has 124 valence electrons. The molecule has 0 bridgehead atoms. The Kier molecular flexibility index (Phi) is 5.22. The molecule has 1 heterocycles. The van der Waals surface area contributed by atoms with Crippen molar-refractivity contribution in [2.45, 2.75) is 13.2 Å². The fourth-order valence-electron chi connectivity index (χ4n) is 2.37. The molecule has 0 aliphatic heterocycles. The summed E-state index contributed by atoms with van der Waals surface area (Å²) in [7, 11) is 0. The quantitative estimate of drug-likeness (QED) is 0.731. The van der Waals surface area contributed by atoms with Gasteiger partial charge in [-0.25, -0.2) is 9.37 Å². The number of rotatable bonds is 6. The molecule has 4 nitrogen and oxygen atoms in total. The third-order valence-corrected chi connectivity index (χ3v) is 3.64. The molecule has 3 rings (SSSR count). The maximum absolute atomic E-state index is 13.2. The zero-order valence-electron chi connectivity index (χ0n) is 13.4. The number of hydrogen-bond acceptors (Lipinski definition) is 4. The predicted molar refractivity (Wildman–Crippen MR) is 93.5 cm³/mol. The van der Waals surface area contributed by atoms with Gasteiger partial charge in [0.25, 0.3) is 0 Å². The fourth-order valence-corrected chi connectivity index (χ4v) is 2.37. The molecule has 0 atom stereocenters. The molecule has 0 aliphatic rings. The molecule has 0 spiro atoms. The van der Waals surface area contributed by atoms with Crippen molar-refractivity contribution in [2.24, 2.45) is 0 Å². The van der Waals surface area contributed by atoms with E-state index in [1.165, 1.54) is 12.1 Å². The van der Waals surface area contributed by atoms with E-state index in [0.717, 1.165) is 11.1 Å². The van der Waals surface area contributed by atoms with E-state index in [1.807, 2.05) is 48.5 Å². The van der Waals surface area contributed by atoms with Gasteiger partial charge < -0.3 is 10.1 Å². The second-order valence-corrected chi connectivity index (χ2v) is 5.40. The molecular weight excluding hydrogens is 317 g/mol. The maximum Gasteiger partial charge on any atom is 0.218 e. The summed E-state index contributed by atoms with van der Waals surface area (Å²) in [6.07, 6.45) is 1.67. The Balaban J connectivity index is 1.70. The normalized spacial score (nSPS) is 10.1. The number of nitrogens with one attached hydrogen (secondary N) is 1. The molecule has 0 unspecified atom stereocenters. The molecule has 0 fully saturated rings. The number of hydrogen-bond donors (Lipinski definition) is 1. The van der Waals surface area contributed by atoms with E-state index >= 15 is 0 Å². The number of halogens is 1. The first-order valence-electron chi connectivity index (χ1n) is 7.80. The number of nitriles is 1. The number of aromatic nitrogens is 1. The van der Waals surface area contributed by atoms with Crippen molar-refractivity contribution in [3.05, 3.63) is 89.4 Å². The Bertz CT molecular complexity index is 891. The van der Waals surface area contributed by atoms with Gasteiger partial charge in [0.05, 0.1) is 11.3 Å². The van der Waals surface area contributed by atoms with Crippen molar-refractivity contribution >= 4 is 5.69 Å². The Hall–Kier alpha value is -3.39. The van der Waals surface area contributed by atoms with Gasteiger partial charge in [-0.15, -0.1) is 0 Å². The smallest absolute Gasteiger partial charge is 0.218 e. The molecular formula is C20H16FN3O. The topological polar surface area (TPSA) is 57.9 Å². The average Bonchev–Trinajstić information content (AvgIpc) is 2.66. The van der Waals surface area contributed by atoms with Crippen LogP contribution in [0.25, 0.3) is 0 Å². The molecule has 3 aromatic rings. The van der Waals surface area contributed by atoms with Crippen LogP contribution in [0.5, 0.6) is 5.88 Å². The molecule has 5 heteroatoms. The Morgan fingerprint density at radius 1 is 1.08 bits per heavy atom. The molecule has 0 saturated heterocycles. The standard InChI is InChI=1S/C20H16FN3O/c21-18-8-9-19(17(11-18)12-22)24-13-16-7-4-10-23-20(16)25-14-15-5-2-1-3-6-15/h1-11,24H,13-14H2. The highest BCUT2D eigenvalue weighted by Gasteiger charge is 2.08. The van der Waals surface area contributed by atoms with Crippen LogP contribution < -0.4 is 10.1 Å². The van der Waals surface area contributed by atoms with E-state index in [2.05, 4.69) is 10.3 Å². The van der Waals surface area contributed by atoms with Crippen molar-refractivity contribution in [2.75, 3.05) is 5.32 Å². The lowest BCUT2D eigenvalue weighted by Gasteiger charge is -2.12. The summed E-state index contributed by atoms with van der Waals surface area (Å²) < 4.78 is 19.0. The van der Waals surface area contributed by atoms with Gasteiger partial charge in [0, 0.05) is 18.3 Å². The summed E-state index contributed by atoms with van der Waals surface area (Å²) in [5, 5.41) is 12.2. The van der Waals surface area contributed by atoms with E-state index < -0.39 is 5.82 Å². The van der Waals surface area contributed by atoms with E-state index in [4.69, 9.17) is 10.00 Å².